The van der Waals surface area contributed by atoms with E-state index in [1.54, 1.807) is 24.7 Å². The molecule has 0 aliphatic carbocycles. The molecule has 0 atom stereocenters. The summed E-state index contributed by atoms with van der Waals surface area (Å²) in [6, 6.07) is 3.07. The van der Waals surface area contributed by atoms with Crippen LogP contribution in [0.25, 0.3) is 22.0 Å². The molecule has 0 radical (unpaired) electrons. The van der Waals surface area contributed by atoms with Crippen LogP contribution in [0.2, 0.25) is 0 Å². The van der Waals surface area contributed by atoms with Crippen molar-refractivity contribution in [3.8, 4) is 17.0 Å². The van der Waals surface area contributed by atoms with Gasteiger partial charge in [0.25, 0.3) is 5.56 Å². The van der Waals surface area contributed by atoms with Crippen molar-refractivity contribution in [2.75, 3.05) is 11.9 Å². The molecule has 0 saturated carbocycles. The summed E-state index contributed by atoms with van der Waals surface area (Å²) < 4.78 is 21.9. The van der Waals surface area contributed by atoms with Gasteiger partial charge in [-0.05, 0) is 19.1 Å². The zero-order chi connectivity index (χ0) is 20.8. The number of pyridine rings is 1. The van der Waals surface area contributed by atoms with Gasteiger partial charge in [-0.1, -0.05) is 0 Å². The van der Waals surface area contributed by atoms with Crippen molar-refractivity contribution in [3.05, 3.63) is 63.8 Å². The molecule has 0 fully saturated rings. The minimum Gasteiger partial charge on any atom is -0.493 e. The Bertz CT molecular complexity index is 1340. The fraction of sp³-hybridized carbons (Fsp3) is 0.238. The lowest BCUT2D eigenvalue weighted by molar-refractivity contribution is 0.356. The van der Waals surface area contributed by atoms with Crippen molar-refractivity contribution in [3.63, 3.8) is 0 Å². The van der Waals surface area contributed by atoms with Crippen LogP contribution in [-0.2, 0) is 20.0 Å². The topological polar surface area (TPSA) is 97.7 Å². The number of ether oxygens (including phenoxy) is 1. The molecule has 8 nitrogen and oxygen atoms in total. The lowest BCUT2D eigenvalue weighted by Gasteiger charge is -2.13. The highest BCUT2D eigenvalue weighted by molar-refractivity contribution is 6.00. The van der Waals surface area contributed by atoms with Crippen molar-refractivity contribution in [1.82, 2.24) is 24.7 Å². The number of benzene rings is 1. The number of hydrogen-bond donors (Lipinski definition) is 2. The van der Waals surface area contributed by atoms with Crippen molar-refractivity contribution < 1.29 is 9.13 Å². The number of fused-ring (bicyclic) bond motifs is 2. The summed E-state index contributed by atoms with van der Waals surface area (Å²) in [5.74, 6) is 1.70. The minimum absolute atomic E-state index is 0.220. The number of aromatic amines is 1. The Morgan fingerprint density at radius 1 is 1.27 bits per heavy atom. The summed E-state index contributed by atoms with van der Waals surface area (Å²) in [4.78, 5) is 21.5. The minimum atomic E-state index is -0.327. The predicted molar refractivity (Wildman–Crippen MR) is 110 cm³/mol. The SMILES string of the molecule is Cc1ncc(-c2cnc(NCc3c(F)ccc4c3CCO4)c3cn[nH]c(=O)c23)n1C. The van der Waals surface area contributed by atoms with Crippen LogP contribution in [0, 0.1) is 12.7 Å². The Morgan fingerprint density at radius 3 is 2.93 bits per heavy atom. The summed E-state index contributed by atoms with van der Waals surface area (Å²) in [5, 5.41) is 10.6. The van der Waals surface area contributed by atoms with Crippen LogP contribution in [0.3, 0.4) is 0 Å². The number of aryl methyl sites for hydroxylation is 1. The molecule has 0 bridgehead atoms. The van der Waals surface area contributed by atoms with E-state index in [1.807, 2.05) is 18.5 Å². The first kappa shape index (κ1) is 18.3. The smallest absolute Gasteiger partial charge is 0.272 e. The van der Waals surface area contributed by atoms with E-state index in [4.69, 9.17) is 4.74 Å². The van der Waals surface area contributed by atoms with Crippen LogP contribution in [0.15, 0.2) is 35.5 Å². The number of nitrogens with zero attached hydrogens (tertiary/aromatic N) is 4. The molecule has 0 spiro atoms. The number of imidazole rings is 1. The van der Waals surface area contributed by atoms with Gasteiger partial charge >= 0.3 is 0 Å². The standard InChI is InChI=1S/C21H19FN6O2/c1-11-23-10-17(28(11)2)14-8-25-20(15-9-26-27-21(29)19(14)15)24-7-13-12-5-6-30-18(12)4-3-16(13)22/h3-4,8-10H,5-7H2,1-2H3,(H,24,25)(H,27,29). The molecule has 0 saturated heterocycles. The van der Waals surface area contributed by atoms with E-state index >= 15 is 0 Å². The Kier molecular flexibility index (Phi) is 4.23. The van der Waals surface area contributed by atoms with E-state index in [-0.39, 0.29) is 17.9 Å². The quantitative estimate of drug-likeness (QED) is 0.541. The number of aromatic nitrogens is 5. The molecule has 1 aliphatic heterocycles. The van der Waals surface area contributed by atoms with E-state index in [0.717, 1.165) is 17.1 Å². The summed E-state index contributed by atoms with van der Waals surface area (Å²) in [6.45, 7) is 2.65. The molecule has 9 heteroatoms. The lowest BCUT2D eigenvalue weighted by Crippen LogP contribution is -2.13. The van der Waals surface area contributed by atoms with Crippen molar-refractivity contribution in [1.29, 1.82) is 0 Å². The highest BCUT2D eigenvalue weighted by Crippen LogP contribution is 2.32. The molecule has 1 aromatic carbocycles. The number of H-pyrrole nitrogens is 1. The average molecular weight is 406 g/mol. The van der Waals surface area contributed by atoms with Crippen LogP contribution in [0.4, 0.5) is 10.2 Å². The van der Waals surface area contributed by atoms with E-state index in [9.17, 15) is 9.18 Å². The van der Waals surface area contributed by atoms with Crippen LogP contribution in [0.1, 0.15) is 17.0 Å². The van der Waals surface area contributed by atoms with E-state index in [0.29, 0.717) is 46.5 Å². The van der Waals surface area contributed by atoms with Gasteiger partial charge in [0.05, 0.1) is 35.5 Å². The van der Waals surface area contributed by atoms with E-state index in [2.05, 4.69) is 25.5 Å². The van der Waals surface area contributed by atoms with Gasteiger partial charge in [0.2, 0.25) is 0 Å². The van der Waals surface area contributed by atoms with Gasteiger partial charge in [-0.2, -0.15) is 5.10 Å². The van der Waals surface area contributed by atoms with Gasteiger partial charge in [-0.25, -0.2) is 19.5 Å². The first-order chi connectivity index (χ1) is 14.5. The Morgan fingerprint density at radius 2 is 2.13 bits per heavy atom. The van der Waals surface area contributed by atoms with Gasteiger partial charge in [0.15, 0.2) is 0 Å². The molecular formula is C21H19FN6O2. The second-order valence-electron chi connectivity index (χ2n) is 7.21. The molecule has 0 unspecified atom stereocenters. The van der Waals surface area contributed by atoms with E-state index in [1.165, 1.54) is 6.07 Å². The second-order valence-corrected chi connectivity index (χ2v) is 7.21. The maximum absolute atomic E-state index is 14.5. The van der Waals surface area contributed by atoms with E-state index < -0.39 is 0 Å². The lowest BCUT2D eigenvalue weighted by atomic mass is 10.0. The highest BCUT2D eigenvalue weighted by Gasteiger charge is 2.20. The maximum atomic E-state index is 14.5. The molecule has 5 rings (SSSR count). The molecule has 0 amide bonds. The maximum Gasteiger partial charge on any atom is 0.272 e. The fourth-order valence-electron chi connectivity index (χ4n) is 3.87. The van der Waals surface area contributed by atoms with Crippen molar-refractivity contribution >= 4 is 16.6 Å². The third-order valence-corrected chi connectivity index (χ3v) is 5.57. The molecule has 152 valence electrons. The molecule has 4 aromatic rings. The third-order valence-electron chi connectivity index (χ3n) is 5.57. The molecule has 30 heavy (non-hydrogen) atoms. The molecule has 3 aromatic heterocycles. The summed E-state index contributed by atoms with van der Waals surface area (Å²) >= 11 is 0. The zero-order valence-corrected chi connectivity index (χ0v) is 16.5. The summed E-state index contributed by atoms with van der Waals surface area (Å²) in [7, 11) is 1.88. The Labute approximate surface area is 170 Å². The van der Waals surface area contributed by atoms with Crippen LogP contribution in [0.5, 0.6) is 5.75 Å². The van der Waals surface area contributed by atoms with Crippen molar-refractivity contribution in [2.45, 2.75) is 19.9 Å². The number of halogens is 1. The number of hydrogen-bond acceptors (Lipinski definition) is 6. The average Bonchev–Trinajstić information content (AvgIpc) is 3.34. The predicted octanol–water partition coefficient (Wildman–Crippen LogP) is 2.71. The van der Waals surface area contributed by atoms with Crippen LogP contribution >= 0.6 is 0 Å². The first-order valence-electron chi connectivity index (χ1n) is 9.56. The number of nitrogens with one attached hydrogen (secondary N) is 2. The summed E-state index contributed by atoms with van der Waals surface area (Å²) in [6.07, 6.45) is 5.55. The van der Waals surface area contributed by atoms with Crippen molar-refractivity contribution in [2.24, 2.45) is 7.05 Å². The van der Waals surface area contributed by atoms with Crippen LogP contribution in [-0.4, -0.2) is 31.3 Å². The largest absolute Gasteiger partial charge is 0.493 e. The highest BCUT2D eigenvalue weighted by atomic mass is 19.1. The number of rotatable bonds is 4. The first-order valence-corrected chi connectivity index (χ1v) is 9.56. The molecular weight excluding hydrogens is 387 g/mol. The van der Waals surface area contributed by atoms with Gasteiger partial charge in [-0.15, -0.1) is 0 Å². The van der Waals surface area contributed by atoms with Gasteiger partial charge in [0.1, 0.15) is 23.2 Å². The van der Waals surface area contributed by atoms with Gasteiger partial charge < -0.3 is 14.6 Å². The second kappa shape index (κ2) is 6.94. The molecule has 2 N–H and O–H groups in total. The monoisotopic (exact) mass is 406 g/mol. The molecule has 4 heterocycles. The molecule has 1 aliphatic rings. The fourth-order valence-corrected chi connectivity index (χ4v) is 3.87. The van der Waals surface area contributed by atoms with Crippen LogP contribution < -0.4 is 15.6 Å². The van der Waals surface area contributed by atoms with Gasteiger partial charge in [0, 0.05) is 42.9 Å². The normalized spacial score (nSPS) is 12.8. The Balaban J connectivity index is 1.58. The number of anilines is 1. The third kappa shape index (κ3) is 2.81. The van der Waals surface area contributed by atoms with Gasteiger partial charge in [-0.3, -0.25) is 4.79 Å². The Hall–Kier alpha value is -3.75. The summed E-state index contributed by atoms with van der Waals surface area (Å²) in [5.41, 5.74) is 2.51. The zero-order valence-electron chi connectivity index (χ0n) is 16.5.